The number of hydrogen-bond acceptors (Lipinski definition) is 2. The molecule has 2 nitrogen and oxygen atoms in total. The smallest absolute Gasteiger partial charge is 0.0618 e. The molecule has 0 aliphatic rings. The van der Waals surface area contributed by atoms with E-state index < -0.39 is 0 Å². The van der Waals surface area contributed by atoms with Gasteiger partial charge >= 0.3 is 0 Å². The molecule has 0 unspecified atom stereocenters. The van der Waals surface area contributed by atoms with Crippen LogP contribution in [0.25, 0.3) is 0 Å². The first-order valence-electron chi connectivity index (χ1n) is 4.94. The molecular weight excluding hydrogens is 160 g/mol. The van der Waals surface area contributed by atoms with Crippen LogP contribution < -0.4 is 0 Å². The molecule has 1 aromatic heterocycles. The monoisotopic (exact) mass is 178 g/mol. The zero-order valence-corrected chi connectivity index (χ0v) is 8.96. The van der Waals surface area contributed by atoms with Crippen LogP contribution in [0.4, 0.5) is 0 Å². The molecule has 2 heteroatoms. The van der Waals surface area contributed by atoms with Gasteiger partial charge in [0.05, 0.1) is 17.1 Å². The van der Waals surface area contributed by atoms with E-state index in [2.05, 4.69) is 30.7 Å². The van der Waals surface area contributed by atoms with E-state index in [0.29, 0.717) is 5.92 Å². The van der Waals surface area contributed by atoms with Gasteiger partial charge < -0.3 is 0 Å². The number of aryl methyl sites for hydroxylation is 2. The zero-order valence-electron chi connectivity index (χ0n) is 8.96. The molecule has 0 bridgehead atoms. The highest BCUT2D eigenvalue weighted by atomic mass is 14.8. The lowest BCUT2D eigenvalue weighted by molar-refractivity contribution is 0.627. The van der Waals surface area contributed by atoms with Gasteiger partial charge in [0.15, 0.2) is 0 Å². The first-order chi connectivity index (χ1) is 6.13. The lowest BCUT2D eigenvalue weighted by Crippen LogP contribution is -2.03. The van der Waals surface area contributed by atoms with Crippen molar-refractivity contribution in [2.45, 2.75) is 40.5 Å². The Balaban J connectivity index is 2.85. The van der Waals surface area contributed by atoms with Gasteiger partial charge in [-0.2, -0.15) is 0 Å². The van der Waals surface area contributed by atoms with Crippen molar-refractivity contribution in [3.05, 3.63) is 23.3 Å². The van der Waals surface area contributed by atoms with Gasteiger partial charge in [-0.05, 0) is 25.7 Å². The van der Waals surface area contributed by atoms with E-state index in [0.717, 1.165) is 29.9 Å². The Morgan fingerprint density at radius 1 is 1.38 bits per heavy atom. The Labute approximate surface area is 80.4 Å². The number of rotatable bonds is 3. The van der Waals surface area contributed by atoms with Crippen molar-refractivity contribution < 1.29 is 0 Å². The van der Waals surface area contributed by atoms with E-state index in [4.69, 9.17) is 0 Å². The average Bonchev–Trinajstić information content (AvgIpc) is 2.08. The molecule has 0 spiro atoms. The molecule has 1 aromatic rings. The van der Waals surface area contributed by atoms with Gasteiger partial charge in [0, 0.05) is 6.20 Å². The van der Waals surface area contributed by atoms with Gasteiger partial charge in [-0.15, -0.1) is 0 Å². The van der Waals surface area contributed by atoms with Crippen LogP contribution in [0.3, 0.4) is 0 Å². The summed E-state index contributed by atoms with van der Waals surface area (Å²) in [5, 5.41) is 0. The minimum Gasteiger partial charge on any atom is -0.258 e. The van der Waals surface area contributed by atoms with E-state index in [1.54, 1.807) is 0 Å². The predicted molar refractivity (Wildman–Crippen MR) is 54.7 cm³/mol. The fraction of sp³-hybridized carbons (Fsp3) is 0.636. The molecule has 1 heterocycles. The van der Waals surface area contributed by atoms with Gasteiger partial charge in [0.25, 0.3) is 0 Å². The Kier molecular flexibility index (Phi) is 3.40. The predicted octanol–water partition coefficient (Wildman–Crippen LogP) is 2.55. The Bertz CT molecular complexity index is 279. The summed E-state index contributed by atoms with van der Waals surface area (Å²) >= 11 is 0. The normalized spacial score (nSPS) is 10.8. The summed E-state index contributed by atoms with van der Waals surface area (Å²) in [6.45, 7) is 8.55. The maximum Gasteiger partial charge on any atom is 0.0618 e. The van der Waals surface area contributed by atoms with E-state index >= 15 is 0 Å². The molecule has 0 aliphatic heterocycles. The second-order valence-corrected chi connectivity index (χ2v) is 3.84. The second-order valence-electron chi connectivity index (χ2n) is 3.84. The molecule has 1 rings (SSSR count). The fourth-order valence-electron chi connectivity index (χ4n) is 1.31. The molecule has 0 atom stereocenters. The largest absolute Gasteiger partial charge is 0.258 e. The van der Waals surface area contributed by atoms with Crippen molar-refractivity contribution in [2.24, 2.45) is 5.92 Å². The third kappa shape index (κ3) is 2.79. The molecule has 0 aliphatic carbocycles. The van der Waals surface area contributed by atoms with Crippen LogP contribution in [-0.2, 0) is 12.8 Å². The summed E-state index contributed by atoms with van der Waals surface area (Å²) in [5.41, 5.74) is 3.32. The summed E-state index contributed by atoms with van der Waals surface area (Å²) in [4.78, 5) is 8.91. The Morgan fingerprint density at radius 3 is 2.54 bits per heavy atom. The van der Waals surface area contributed by atoms with Gasteiger partial charge in [-0.1, -0.05) is 20.8 Å². The van der Waals surface area contributed by atoms with Crippen molar-refractivity contribution in [3.8, 4) is 0 Å². The topological polar surface area (TPSA) is 25.8 Å². The summed E-state index contributed by atoms with van der Waals surface area (Å²) < 4.78 is 0. The number of nitrogens with zero attached hydrogens (tertiary/aromatic N) is 2. The lowest BCUT2D eigenvalue weighted by atomic mass is 10.1. The van der Waals surface area contributed by atoms with E-state index in [9.17, 15) is 0 Å². The summed E-state index contributed by atoms with van der Waals surface area (Å²) in [6.07, 6.45) is 3.89. The third-order valence-electron chi connectivity index (χ3n) is 2.06. The maximum absolute atomic E-state index is 4.48. The molecule has 0 aromatic carbocycles. The SMILES string of the molecule is CCc1cnc(CC(C)C)c(C)n1. The van der Waals surface area contributed by atoms with Gasteiger partial charge in [0.2, 0.25) is 0 Å². The molecule has 0 fully saturated rings. The minimum atomic E-state index is 0.653. The summed E-state index contributed by atoms with van der Waals surface area (Å²) in [5.74, 6) is 0.653. The van der Waals surface area contributed by atoms with Crippen LogP contribution in [0.5, 0.6) is 0 Å². The van der Waals surface area contributed by atoms with Crippen molar-refractivity contribution >= 4 is 0 Å². The van der Waals surface area contributed by atoms with Crippen molar-refractivity contribution in [3.63, 3.8) is 0 Å². The summed E-state index contributed by atoms with van der Waals surface area (Å²) in [6, 6.07) is 0. The average molecular weight is 178 g/mol. The molecule has 13 heavy (non-hydrogen) atoms. The van der Waals surface area contributed by atoms with Crippen LogP contribution in [0.1, 0.15) is 37.9 Å². The van der Waals surface area contributed by atoms with Crippen LogP contribution >= 0.6 is 0 Å². The molecular formula is C11H18N2. The lowest BCUT2D eigenvalue weighted by Gasteiger charge is -2.07. The standard InChI is InChI=1S/C11H18N2/c1-5-10-7-12-11(6-8(2)3)9(4)13-10/h7-8H,5-6H2,1-4H3. The molecule has 0 saturated carbocycles. The second kappa shape index (κ2) is 4.35. The highest BCUT2D eigenvalue weighted by Crippen LogP contribution is 2.09. The minimum absolute atomic E-state index is 0.653. The van der Waals surface area contributed by atoms with E-state index in [1.165, 1.54) is 0 Å². The van der Waals surface area contributed by atoms with Crippen molar-refractivity contribution in [1.29, 1.82) is 0 Å². The van der Waals surface area contributed by atoms with Crippen LogP contribution in [0.15, 0.2) is 6.20 Å². The Morgan fingerprint density at radius 2 is 2.08 bits per heavy atom. The van der Waals surface area contributed by atoms with Crippen molar-refractivity contribution in [1.82, 2.24) is 9.97 Å². The van der Waals surface area contributed by atoms with Gasteiger partial charge in [-0.25, -0.2) is 0 Å². The maximum atomic E-state index is 4.48. The first-order valence-corrected chi connectivity index (χ1v) is 4.94. The van der Waals surface area contributed by atoms with Crippen molar-refractivity contribution in [2.75, 3.05) is 0 Å². The fourth-order valence-corrected chi connectivity index (χ4v) is 1.31. The van der Waals surface area contributed by atoms with Crippen LogP contribution in [0.2, 0.25) is 0 Å². The molecule has 0 amide bonds. The van der Waals surface area contributed by atoms with Gasteiger partial charge in [0.1, 0.15) is 0 Å². The van der Waals surface area contributed by atoms with Crippen LogP contribution in [0, 0.1) is 12.8 Å². The quantitative estimate of drug-likeness (QED) is 0.711. The highest BCUT2D eigenvalue weighted by molar-refractivity contribution is 5.12. The number of hydrogen-bond donors (Lipinski definition) is 0. The van der Waals surface area contributed by atoms with E-state index in [1.807, 2.05) is 13.1 Å². The zero-order chi connectivity index (χ0) is 9.84. The molecule has 72 valence electrons. The van der Waals surface area contributed by atoms with E-state index in [-0.39, 0.29) is 0 Å². The highest BCUT2D eigenvalue weighted by Gasteiger charge is 2.04. The summed E-state index contributed by atoms with van der Waals surface area (Å²) in [7, 11) is 0. The van der Waals surface area contributed by atoms with Gasteiger partial charge in [-0.3, -0.25) is 9.97 Å². The number of aromatic nitrogens is 2. The molecule has 0 radical (unpaired) electrons. The first kappa shape index (κ1) is 10.2. The molecule has 0 saturated heterocycles. The molecule has 0 N–H and O–H groups in total. The third-order valence-corrected chi connectivity index (χ3v) is 2.06. The van der Waals surface area contributed by atoms with Crippen LogP contribution in [-0.4, -0.2) is 9.97 Å². The Hall–Kier alpha value is -0.920.